The molecule has 4 aromatic rings. The first-order valence-electron chi connectivity index (χ1n) is 13.3. The second kappa shape index (κ2) is 11.5. The average Bonchev–Trinajstić information content (AvgIpc) is 3.55. The van der Waals surface area contributed by atoms with Gasteiger partial charge in [0.05, 0.1) is 22.6 Å². The predicted octanol–water partition coefficient (Wildman–Crippen LogP) is 5.24. The maximum atomic E-state index is 13.0. The summed E-state index contributed by atoms with van der Waals surface area (Å²) in [4.78, 5) is 44.5. The van der Waals surface area contributed by atoms with E-state index in [0.29, 0.717) is 31.0 Å². The van der Waals surface area contributed by atoms with E-state index in [1.807, 2.05) is 57.3 Å². The van der Waals surface area contributed by atoms with Gasteiger partial charge in [0.15, 0.2) is 0 Å². The predicted molar refractivity (Wildman–Crippen MR) is 151 cm³/mol. The van der Waals surface area contributed by atoms with Crippen LogP contribution in [0.2, 0.25) is 0 Å². The number of imidazole rings is 1. The number of hydrogen-bond donors (Lipinski definition) is 2. The highest BCUT2D eigenvalue weighted by Gasteiger charge is 2.25. The summed E-state index contributed by atoms with van der Waals surface area (Å²) in [5.74, 6) is 0.713. The van der Waals surface area contributed by atoms with Crippen LogP contribution in [0.25, 0.3) is 11.0 Å². The van der Waals surface area contributed by atoms with E-state index in [4.69, 9.17) is 4.74 Å². The Morgan fingerprint density at radius 1 is 1.18 bits per heavy atom. The lowest BCUT2D eigenvalue weighted by molar-refractivity contribution is 0.0231. The Balaban J connectivity index is 1.20. The molecule has 5 rings (SSSR count). The van der Waals surface area contributed by atoms with Gasteiger partial charge in [-0.2, -0.15) is 0 Å². The first-order chi connectivity index (χ1) is 18.7. The molecule has 1 unspecified atom stereocenters. The zero-order chi connectivity index (χ0) is 27.4. The number of aromatic amines is 1. The molecule has 1 atom stereocenters. The first kappa shape index (κ1) is 26.8. The van der Waals surface area contributed by atoms with E-state index in [1.54, 1.807) is 10.3 Å². The van der Waals surface area contributed by atoms with Gasteiger partial charge in [-0.15, -0.1) is 11.3 Å². The number of carbonyl (C=O) groups is 2. The fourth-order valence-corrected chi connectivity index (χ4v) is 5.56. The van der Waals surface area contributed by atoms with Crippen LogP contribution in [0.1, 0.15) is 72.1 Å². The van der Waals surface area contributed by atoms with Gasteiger partial charge in [0.25, 0.3) is 5.91 Å². The van der Waals surface area contributed by atoms with Crippen molar-refractivity contribution in [2.45, 2.75) is 64.5 Å². The van der Waals surface area contributed by atoms with E-state index in [1.165, 1.54) is 16.9 Å². The number of H-pyrrole nitrogens is 1. The Morgan fingerprint density at radius 3 is 2.85 bits per heavy atom. The van der Waals surface area contributed by atoms with E-state index >= 15 is 0 Å². The van der Waals surface area contributed by atoms with Gasteiger partial charge in [-0.3, -0.25) is 9.78 Å². The van der Waals surface area contributed by atoms with E-state index in [-0.39, 0.29) is 18.4 Å². The van der Waals surface area contributed by atoms with Crippen LogP contribution >= 0.6 is 11.3 Å². The second-order valence-electron chi connectivity index (χ2n) is 10.8. The maximum absolute atomic E-state index is 13.0. The molecule has 0 radical (unpaired) electrons. The van der Waals surface area contributed by atoms with Crippen LogP contribution in [-0.2, 0) is 24.1 Å². The molecule has 39 heavy (non-hydrogen) atoms. The Labute approximate surface area is 232 Å². The number of rotatable bonds is 8. The number of aryl methyl sites for hydroxylation is 1. The number of benzene rings is 1. The van der Waals surface area contributed by atoms with Gasteiger partial charge in [-0.05, 0) is 63.8 Å². The zero-order valence-electron chi connectivity index (χ0n) is 22.6. The van der Waals surface area contributed by atoms with Crippen molar-refractivity contribution in [3.8, 4) is 0 Å². The number of para-hydroxylation sites is 2. The minimum absolute atomic E-state index is 0.188. The summed E-state index contributed by atoms with van der Waals surface area (Å²) < 4.78 is 5.65. The summed E-state index contributed by atoms with van der Waals surface area (Å²) in [6.45, 7) is 6.73. The second-order valence-corrected chi connectivity index (χ2v) is 11.8. The number of fused-ring (bicyclic) bond motifs is 2. The Hall–Kier alpha value is -3.79. The number of nitrogens with zero attached hydrogens (tertiary/aromatic N) is 4. The summed E-state index contributed by atoms with van der Waals surface area (Å²) >= 11 is 1.42. The van der Waals surface area contributed by atoms with Crippen molar-refractivity contribution in [3.05, 3.63) is 75.8 Å². The van der Waals surface area contributed by atoms with Gasteiger partial charge in [-0.25, -0.2) is 14.8 Å². The molecule has 3 heterocycles. The lowest BCUT2D eigenvalue weighted by atomic mass is 9.86. The number of hydrogen-bond acceptors (Lipinski definition) is 7. The average molecular weight is 547 g/mol. The van der Waals surface area contributed by atoms with Crippen molar-refractivity contribution in [1.82, 2.24) is 30.2 Å². The summed E-state index contributed by atoms with van der Waals surface area (Å²) in [7, 11) is 0. The maximum Gasteiger partial charge on any atom is 0.410 e. The summed E-state index contributed by atoms with van der Waals surface area (Å²) in [5.41, 5.74) is 3.91. The molecule has 0 saturated carbocycles. The van der Waals surface area contributed by atoms with E-state index in [2.05, 4.69) is 31.3 Å². The van der Waals surface area contributed by atoms with Crippen LogP contribution in [-0.4, -0.2) is 55.5 Å². The highest BCUT2D eigenvalue weighted by Crippen LogP contribution is 2.29. The molecule has 1 aliphatic carbocycles. The quantitative estimate of drug-likeness (QED) is 0.312. The molecule has 9 nitrogen and oxygen atoms in total. The third-order valence-corrected chi connectivity index (χ3v) is 7.54. The molecule has 10 heteroatoms. The van der Waals surface area contributed by atoms with Crippen LogP contribution in [0.3, 0.4) is 0 Å². The van der Waals surface area contributed by atoms with Crippen molar-refractivity contribution < 1.29 is 14.3 Å². The highest BCUT2D eigenvalue weighted by molar-refractivity contribution is 7.09. The fourth-order valence-electron chi connectivity index (χ4n) is 4.79. The molecule has 2 N–H and O–H groups in total. The van der Waals surface area contributed by atoms with Crippen molar-refractivity contribution in [2.24, 2.45) is 0 Å². The zero-order valence-corrected chi connectivity index (χ0v) is 23.4. The third kappa shape index (κ3) is 6.81. The smallest absolute Gasteiger partial charge is 0.410 e. The van der Waals surface area contributed by atoms with E-state index < -0.39 is 11.7 Å². The van der Waals surface area contributed by atoms with E-state index in [9.17, 15) is 9.59 Å². The van der Waals surface area contributed by atoms with Crippen LogP contribution in [0.5, 0.6) is 0 Å². The van der Waals surface area contributed by atoms with E-state index in [0.717, 1.165) is 41.0 Å². The summed E-state index contributed by atoms with van der Waals surface area (Å²) in [6, 6.07) is 11.8. The van der Waals surface area contributed by atoms with Crippen molar-refractivity contribution in [3.63, 3.8) is 0 Å². The fraction of sp³-hybridized carbons (Fsp3) is 0.414. The number of carbonyl (C=O) groups excluding carboxylic acids is 2. The Kier molecular flexibility index (Phi) is 7.92. The minimum Gasteiger partial charge on any atom is -0.444 e. The Morgan fingerprint density at radius 2 is 2.03 bits per heavy atom. The molecule has 1 aliphatic rings. The number of pyridine rings is 1. The molecule has 0 aliphatic heterocycles. The number of aromatic nitrogens is 4. The van der Waals surface area contributed by atoms with Gasteiger partial charge < -0.3 is 19.9 Å². The SMILES string of the molecule is CC(C)(C)OC(=O)N(CCc1nc(C(=O)NCC2CCCc3cccnc32)cs1)Cc1nc2ccccc2[nH]1. The molecule has 2 amide bonds. The van der Waals surface area contributed by atoms with Gasteiger partial charge in [0.1, 0.15) is 17.1 Å². The van der Waals surface area contributed by atoms with Crippen molar-refractivity contribution >= 4 is 34.4 Å². The lowest BCUT2D eigenvalue weighted by Crippen LogP contribution is -2.38. The number of thiazole rings is 1. The Bertz CT molecular complexity index is 1420. The number of ether oxygens (including phenoxy) is 1. The molecule has 0 spiro atoms. The largest absolute Gasteiger partial charge is 0.444 e. The van der Waals surface area contributed by atoms with Crippen LogP contribution < -0.4 is 5.32 Å². The van der Waals surface area contributed by atoms with Gasteiger partial charge >= 0.3 is 6.09 Å². The van der Waals surface area contributed by atoms with Crippen molar-refractivity contribution in [2.75, 3.05) is 13.1 Å². The summed E-state index contributed by atoms with van der Waals surface area (Å²) in [5, 5.41) is 5.60. The van der Waals surface area contributed by atoms with Crippen molar-refractivity contribution in [1.29, 1.82) is 0 Å². The summed E-state index contributed by atoms with van der Waals surface area (Å²) in [6.07, 6.45) is 5.05. The lowest BCUT2D eigenvalue weighted by Gasteiger charge is -2.26. The third-order valence-electron chi connectivity index (χ3n) is 6.63. The van der Waals surface area contributed by atoms with Gasteiger partial charge in [-0.1, -0.05) is 18.2 Å². The molecular weight excluding hydrogens is 512 g/mol. The monoisotopic (exact) mass is 546 g/mol. The first-order valence-corrected chi connectivity index (χ1v) is 14.2. The molecule has 0 bridgehead atoms. The van der Waals surface area contributed by atoms with Crippen LogP contribution in [0.4, 0.5) is 4.79 Å². The molecular formula is C29H34N6O3S. The molecule has 3 aromatic heterocycles. The van der Waals surface area contributed by atoms with Crippen LogP contribution in [0, 0.1) is 0 Å². The molecule has 0 saturated heterocycles. The highest BCUT2D eigenvalue weighted by atomic mass is 32.1. The van der Waals surface area contributed by atoms with Crippen LogP contribution in [0.15, 0.2) is 48.0 Å². The normalized spacial score (nSPS) is 15.1. The molecule has 1 aromatic carbocycles. The number of nitrogens with one attached hydrogen (secondary N) is 2. The topological polar surface area (TPSA) is 113 Å². The van der Waals surface area contributed by atoms with Gasteiger partial charge in [0.2, 0.25) is 0 Å². The standard InChI is InChI=1S/C29H34N6O3S/c1-29(2,3)38-28(37)35(17-24-32-21-11-4-5-12-22(21)33-24)15-13-25-34-23(18-39-25)27(36)31-16-20-9-6-8-19-10-7-14-30-26(19)20/h4-5,7,10-12,14,18,20H,6,8-9,13,15-17H2,1-3H3,(H,31,36)(H,32,33). The van der Waals surface area contributed by atoms with Gasteiger partial charge in [0, 0.05) is 42.7 Å². The number of amides is 2. The minimum atomic E-state index is -0.621. The molecule has 0 fully saturated rings. The molecule has 204 valence electrons.